The van der Waals surface area contributed by atoms with Gasteiger partial charge in [-0.1, -0.05) is 19.8 Å². The predicted octanol–water partition coefficient (Wildman–Crippen LogP) is 3.67. The van der Waals surface area contributed by atoms with Gasteiger partial charge < -0.3 is 10.6 Å². The minimum Gasteiger partial charge on any atom is -0.335 e. The van der Waals surface area contributed by atoms with Crippen molar-refractivity contribution in [1.29, 1.82) is 0 Å². The lowest BCUT2D eigenvalue weighted by atomic mass is 9.86. The number of hydrogen-bond donors (Lipinski definition) is 2. The maximum Gasteiger partial charge on any atom is 0.319 e. The van der Waals surface area contributed by atoms with Crippen LogP contribution in [-0.4, -0.2) is 12.1 Å². The van der Waals surface area contributed by atoms with Crippen molar-refractivity contribution in [1.82, 2.24) is 5.32 Å². The van der Waals surface area contributed by atoms with E-state index in [1.165, 1.54) is 12.5 Å². The van der Waals surface area contributed by atoms with Crippen molar-refractivity contribution >= 4 is 11.7 Å². The van der Waals surface area contributed by atoms with Gasteiger partial charge in [0.2, 0.25) is 0 Å². The van der Waals surface area contributed by atoms with Crippen molar-refractivity contribution in [3.05, 3.63) is 29.8 Å². The number of rotatable bonds is 2. The summed E-state index contributed by atoms with van der Waals surface area (Å²) in [6.07, 6.45) is 4.32. The van der Waals surface area contributed by atoms with E-state index in [1.807, 2.05) is 0 Å². The minimum atomic E-state index is -0.771. The molecule has 1 aromatic rings. The summed E-state index contributed by atoms with van der Waals surface area (Å²) < 4.78 is 26.1. The summed E-state index contributed by atoms with van der Waals surface area (Å²) in [6.45, 7) is 2.10. The van der Waals surface area contributed by atoms with Crippen molar-refractivity contribution in [2.45, 2.75) is 38.6 Å². The van der Waals surface area contributed by atoms with E-state index >= 15 is 0 Å². The van der Waals surface area contributed by atoms with Gasteiger partial charge >= 0.3 is 6.03 Å². The highest BCUT2D eigenvalue weighted by molar-refractivity contribution is 5.89. The smallest absolute Gasteiger partial charge is 0.319 e. The summed E-state index contributed by atoms with van der Waals surface area (Å²) in [4.78, 5) is 11.8. The molecule has 1 aliphatic rings. The van der Waals surface area contributed by atoms with Gasteiger partial charge in [-0.25, -0.2) is 13.6 Å². The molecule has 0 aliphatic heterocycles. The first-order valence-corrected chi connectivity index (χ1v) is 6.59. The first-order valence-electron chi connectivity index (χ1n) is 6.59. The van der Waals surface area contributed by atoms with E-state index in [9.17, 15) is 13.6 Å². The van der Waals surface area contributed by atoms with Gasteiger partial charge in [0.05, 0.1) is 5.69 Å². The summed E-state index contributed by atoms with van der Waals surface area (Å²) in [7, 11) is 0. The van der Waals surface area contributed by atoms with E-state index < -0.39 is 17.7 Å². The lowest BCUT2D eigenvalue weighted by molar-refractivity contribution is 0.232. The SMILES string of the molecule is C[C@H]1CCCC[C@@H]1NC(=O)Nc1ccc(F)cc1F. The Morgan fingerprint density at radius 1 is 1.26 bits per heavy atom. The van der Waals surface area contributed by atoms with Gasteiger partial charge in [0.15, 0.2) is 0 Å². The molecule has 5 heteroatoms. The van der Waals surface area contributed by atoms with Crippen molar-refractivity contribution in [2.75, 3.05) is 5.32 Å². The molecule has 2 N–H and O–H groups in total. The molecule has 0 spiro atoms. The molecule has 1 saturated carbocycles. The Hall–Kier alpha value is -1.65. The molecule has 1 aromatic carbocycles. The topological polar surface area (TPSA) is 41.1 Å². The van der Waals surface area contributed by atoms with Crippen molar-refractivity contribution < 1.29 is 13.6 Å². The third-order valence-corrected chi connectivity index (χ3v) is 3.61. The Bertz CT molecular complexity index is 465. The van der Waals surface area contributed by atoms with E-state index in [-0.39, 0.29) is 11.7 Å². The van der Waals surface area contributed by atoms with E-state index in [0.29, 0.717) is 5.92 Å². The van der Waals surface area contributed by atoms with Crippen molar-refractivity contribution in [3.63, 3.8) is 0 Å². The fourth-order valence-electron chi connectivity index (χ4n) is 2.45. The fraction of sp³-hybridized carbons (Fsp3) is 0.500. The Labute approximate surface area is 111 Å². The Kier molecular flexibility index (Phi) is 4.35. The average molecular weight is 268 g/mol. The van der Waals surface area contributed by atoms with Gasteiger partial charge in [0, 0.05) is 12.1 Å². The normalized spacial score (nSPS) is 22.9. The van der Waals surface area contributed by atoms with Crippen LogP contribution in [0.15, 0.2) is 18.2 Å². The zero-order valence-corrected chi connectivity index (χ0v) is 10.9. The molecule has 2 amide bonds. The molecule has 0 unspecified atom stereocenters. The molecule has 104 valence electrons. The number of nitrogens with one attached hydrogen (secondary N) is 2. The monoisotopic (exact) mass is 268 g/mol. The first-order chi connectivity index (χ1) is 9.06. The van der Waals surface area contributed by atoms with Crippen LogP contribution in [0.3, 0.4) is 0 Å². The predicted molar refractivity (Wildman–Crippen MR) is 69.9 cm³/mol. The summed E-state index contributed by atoms with van der Waals surface area (Å²) in [6, 6.07) is 2.76. The molecule has 1 fully saturated rings. The molecule has 0 bridgehead atoms. The molecule has 0 heterocycles. The van der Waals surface area contributed by atoms with Crippen LogP contribution in [0.25, 0.3) is 0 Å². The van der Waals surface area contributed by atoms with E-state index in [4.69, 9.17) is 0 Å². The Balaban J connectivity index is 1.93. The lowest BCUT2D eigenvalue weighted by Gasteiger charge is -2.29. The molecule has 3 nitrogen and oxygen atoms in total. The lowest BCUT2D eigenvalue weighted by Crippen LogP contribution is -2.43. The number of benzene rings is 1. The van der Waals surface area contributed by atoms with Crippen molar-refractivity contribution in [3.8, 4) is 0 Å². The van der Waals surface area contributed by atoms with Crippen LogP contribution < -0.4 is 10.6 Å². The number of anilines is 1. The van der Waals surface area contributed by atoms with Gasteiger partial charge in [0.1, 0.15) is 11.6 Å². The number of halogens is 2. The van der Waals surface area contributed by atoms with Gasteiger partial charge in [-0.05, 0) is 30.9 Å². The average Bonchev–Trinajstić information content (AvgIpc) is 2.36. The summed E-state index contributed by atoms with van der Waals surface area (Å²) >= 11 is 0. The van der Waals surface area contributed by atoms with Crippen LogP contribution in [-0.2, 0) is 0 Å². The molecule has 1 aliphatic carbocycles. The molecule has 0 aromatic heterocycles. The van der Waals surface area contributed by atoms with Crippen LogP contribution in [0, 0.1) is 17.6 Å². The standard InChI is InChI=1S/C14H18F2N2O/c1-9-4-2-3-5-12(9)17-14(19)18-13-7-6-10(15)8-11(13)16/h6-9,12H,2-5H2,1H3,(H2,17,18,19)/t9-,12-/m0/s1. The second-order valence-electron chi connectivity index (χ2n) is 5.09. The van der Waals surface area contributed by atoms with Gasteiger partial charge in [0.25, 0.3) is 0 Å². The first kappa shape index (κ1) is 13.8. The zero-order chi connectivity index (χ0) is 13.8. The van der Waals surface area contributed by atoms with Gasteiger partial charge in [-0.3, -0.25) is 0 Å². The number of carbonyl (C=O) groups is 1. The second-order valence-corrected chi connectivity index (χ2v) is 5.09. The van der Waals surface area contributed by atoms with Crippen LogP contribution in [0.5, 0.6) is 0 Å². The highest BCUT2D eigenvalue weighted by atomic mass is 19.1. The zero-order valence-electron chi connectivity index (χ0n) is 10.9. The van der Waals surface area contributed by atoms with Gasteiger partial charge in [-0.15, -0.1) is 0 Å². The van der Waals surface area contributed by atoms with Crippen molar-refractivity contribution in [2.24, 2.45) is 5.92 Å². The summed E-state index contributed by atoms with van der Waals surface area (Å²) in [5.41, 5.74) is -0.0117. The highest BCUT2D eigenvalue weighted by Crippen LogP contribution is 2.24. The maximum absolute atomic E-state index is 13.4. The molecule has 0 saturated heterocycles. The summed E-state index contributed by atoms with van der Waals surface area (Å²) in [5.74, 6) is -1.01. The molecule has 2 atom stereocenters. The number of urea groups is 1. The molecule has 0 radical (unpaired) electrons. The molecule has 2 rings (SSSR count). The number of carbonyl (C=O) groups excluding carboxylic acids is 1. The largest absolute Gasteiger partial charge is 0.335 e. The highest BCUT2D eigenvalue weighted by Gasteiger charge is 2.23. The quantitative estimate of drug-likeness (QED) is 0.844. The summed E-state index contributed by atoms with van der Waals surface area (Å²) in [5, 5.41) is 5.26. The molecular formula is C14H18F2N2O. The van der Waals surface area contributed by atoms with Gasteiger partial charge in [-0.2, -0.15) is 0 Å². The van der Waals surface area contributed by atoms with Crippen LogP contribution in [0.2, 0.25) is 0 Å². The minimum absolute atomic E-state index is 0.0117. The van der Waals surface area contributed by atoms with Crippen LogP contribution in [0.1, 0.15) is 32.6 Å². The van der Waals surface area contributed by atoms with E-state index in [1.54, 1.807) is 0 Å². The molecule has 19 heavy (non-hydrogen) atoms. The maximum atomic E-state index is 13.4. The third-order valence-electron chi connectivity index (χ3n) is 3.61. The fourth-order valence-corrected chi connectivity index (χ4v) is 2.45. The van der Waals surface area contributed by atoms with Crippen LogP contribution in [0.4, 0.5) is 19.3 Å². The van der Waals surface area contributed by atoms with E-state index in [0.717, 1.165) is 31.4 Å². The Morgan fingerprint density at radius 2 is 2.00 bits per heavy atom. The van der Waals surface area contributed by atoms with E-state index in [2.05, 4.69) is 17.6 Å². The number of amides is 2. The Morgan fingerprint density at radius 3 is 2.68 bits per heavy atom. The number of hydrogen-bond acceptors (Lipinski definition) is 1. The van der Waals surface area contributed by atoms with Crippen LogP contribution >= 0.6 is 0 Å². The third kappa shape index (κ3) is 3.66. The molecular weight excluding hydrogens is 250 g/mol. The second kappa shape index (κ2) is 5.99.